The molecular formula is C19H15ClN4OS. The molecule has 0 amide bonds. The maximum atomic E-state index is 9.39. The van der Waals surface area contributed by atoms with Gasteiger partial charge in [0.05, 0.1) is 18.0 Å². The molecule has 0 saturated carbocycles. The number of hydrazone groups is 1. The zero-order valence-electron chi connectivity index (χ0n) is 13.9. The summed E-state index contributed by atoms with van der Waals surface area (Å²) in [5.41, 5.74) is 5.57. The summed E-state index contributed by atoms with van der Waals surface area (Å²) in [7, 11) is 0. The standard InChI is InChI=1S/C19H15ClN4OS/c1-2-25-16-9-3-13(4-10-16)18-12-26-19(22-18)17(11-21)24-23-15-7-5-14(20)6-8-15/h3-10,12,23H,2H2,1H3/b24-17-. The zero-order valence-corrected chi connectivity index (χ0v) is 15.5. The summed E-state index contributed by atoms with van der Waals surface area (Å²) in [5.74, 6) is 0.818. The van der Waals surface area contributed by atoms with Gasteiger partial charge in [0.2, 0.25) is 0 Å². The van der Waals surface area contributed by atoms with Gasteiger partial charge in [-0.15, -0.1) is 11.3 Å². The van der Waals surface area contributed by atoms with Gasteiger partial charge in [-0.25, -0.2) is 4.98 Å². The summed E-state index contributed by atoms with van der Waals surface area (Å²) >= 11 is 7.23. The van der Waals surface area contributed by atoms with Crippen LogP contribution in [0.4, 0.5) is 5.69 Å². The molecule has 0 aliphatic heterocycles. The van der Waals surface area contributed by atoms with Crippen LogP contribution in [-0.4, -0.2) is 17.3 Å². The number of aromatic nitrogens is 1. The van der Waals surface area contributed by atoms with Crippen LogP contribution in [0.5, 0.6) is 5.75 Å². The summed E-state index contributed by atoms with van der Waals surface area (Å²) in [6, 6.07) is 16.8. The first-order valence-electron chi connectivity index (χ1n) is 7.88. The molecule has 0 fully saturated rings. The second-order valence-corrected chi connectivity index (χ2v) is 6.48. The highest BCUT2D eigenvalue weighted by Gasteiger charge is 2.10. The molecule has 0 radical (unpaired) electrons. The van der Waals surface area contributed by atoms with E-state index in [0.717, 1.165) is 22.7 Å². The van der Waals surface area contributed by atoms with Crippen LogP contribution in [0.2, 0.25) is 5.02 Å². The first-order valence-corrected chi connectivity index (χ1v) is 9.14. The van der Waals surface area contributed by atoms with Gasteiger partial charge >= 0.3 is 0 Å². The topological polar surface area (TPSA) is 70.3 Å². The SMILES string of the molecule is CCOc1ccc(-c2csc(/C(C#N)=N\Nc3ccc(Cl)cc3)n2)cc1. The minimum absolute atomic E-state index is 0.224. The van der Waals surface area contributed by atoms with Crippen molar-refractivity contribution in [2.75, 3.05) is 12.0 Å². The van der Waals surface area contributed by atoms with Crippen LogP contribution < -0.4 is 10.2 Å². The smallest absolute Gasteiger partial charge is 0.196 e. The van der Waals surface area contributed by atoms with Crippen LogP contribution in [0.3, 0.4) is 0 Å². The van der Waals surface area contributed by atoms with Crippen molar-refractivity contribution in [2.24, 2.45) is 5.10 Å². The van der Waals surface area contributed by atoms with Gasteiger partial charge < -0.3 is 4.74 Å². The first-order chi connectivity index (χ1) is 12.7. The number of nitrogens with one attached hydrogen (secondary N) is 1. The molecule has 0 bridgehead atoms. The van der Waals surface area contributed by atoms with Gasteiger partial charge in [0.15, 0.2) is 10.7 Å². The van der Waals surface area contributed by atoms with E-state index in [-0.39, 0.29) is 5.71 Å². The lowest BCUT2D eigenvalue weighted by molar-refractivity contribution is 0.340. The van der Waals surface area contributed by atoms with Gasteiger partial charge in [-0.1, -0.05) is 11.6 Å². The third-order valence-electron chi connectivity index (χ3n) is 3.41. The normalized spacial score (nSPS) is 11.0. The Bertz CT molecular complexity index is 943. The lowest BCUT2D eigenvalue weighted by Crippen LogP contribution is -2.01. The van der Waals surface area contributed by atoms with E-state index in [0.29, 0.717) is 16.6 Å². The van der Waals surface area contributed by atoms with Crippen molar-refractivity contribution < 1.29 is 4.74 Å². The van der Waals surface area contributed by atoms with E-state index in [2.05, 4.69) is 21.6 Å². The highest BCUT2D eigenvalue weighted by molar-refractivity contribution is 7.12. The number of anilines is 1. The van der Waals surface area contributed by atoms with Crippen molar-refractivity contribution in [1.82, 2.24) is 4.98 Å². The molecule has 7 heteroatoms. The average molecular weight is 383 g/mol. The molecule has 0 spiro atoms. The highest BCUT2D eigenvalue weighted by Crippen LogP contribution is 2.24. The Labute approximate surface area is 160 Å². The zero-order chi connectivity index (χ0) is 18.4. The van der Waals surface area contributed by atoms with E-state index in [4.69, 9.17) is 16.3 Å². The molecule has 26 heavy (non-hydrogen) atoms. The van der Waals surface area contributed by atoms with Gasteiger partial charge in [0, 0.05) is 16.0 Å². The Hall–Kier alpha value is -2.88. The van der Waals surface area contributed by atoms with Gasteiger partial charge in [0.25, 0.3) is 0 Å². The quantitative estimate of drug-likeness (QED) is 0.469. The number of rotatable bonds is 6. The fourth-order valence-corrected chi connectivity index (χ4v) is 3.06. The Morgan fingerprint density at radius 2 is 1.96 bits per heavy atom. The van der Waals surface area contributed by atoms with Crippen molar-refractivity contribution >= 4 is 34.3 Å². The molecule has 1 heterocycles. The largest absolute Gasteiger partial charge is 0.494 e. The minimum Gasteiger partial charge on any atom is -0.494 e. The van der Waals surface area contributed by atoms with Crippen LogP contribution in [0.15, 0.2) is 59.0 Å². The van der Waals surface area contributed by atoms with Gasteiger partial charge in [-0.05, 0) is 55.5 Å². The maximum Gasteiger partial charge on any atom is 0.196 e. The Morgan fingerprint density at radius 3 is 2.62 bits per heavy atom. The molecule has 0 aliphatic rings. The molecule has 0 atom stereocenters. The van der Waals surface area contributed by atoms with E-state index >= 15 is 0 Å². The molecule has 0 unspecified atom stereocenters. The lowest BCUT2D eigenvalue weighted by atomic mass is 10.2. The van der Waals surface area contributed by atoms with E-state index in [1.807, 2.05) is 36.6 Å². The predicted octanol–water partition coefficient (Wildman–Crippen LogP) is 5.20. The summed E-state index contributed by atoms with van der Waals surface area (Å²) in [4.78, 5) is 4.52. The number of thiazole rings is 1. The molecular weight excluding hydrogens is 368 g/mol. The summed E-state index contributed by atoms with van der Waals surface area (Å²) < 4.78 is 5.44. The molecule has 1 N–H and O–H groups in total. The third kappa shape index (κ3) is 4.39. The molecule has 3 aromatic rings. The van der Waals surface area contributed by atoms with Crippen molar-refractivity contribution in [3.8, 4) is 23.1 Å². The molecule has 0 saturated heterocycles. The second kappa shape index (κ2) is 8.48. The highest BCUT2D eigenvalue weighted by atomic mass is 35.5. The molecule has 1 aromatic heterocycles. The first kappa shape index (κ1) is 17.9. The number of ether oxygens (including phenoxy) is 1. The number of benzene rings is 2. The van der Waals surface area contributed by atoms with Gasteiger partial charge in [-0.2, -0.15) is 10.4 Å². The number of hydrogen-bond acceptors (Lipinski definition) is 6. The summed E-state index contributed by atoms with van der Waals surface area (Å²) in [6.45, 7) is 2.57. The van der Waals surface area contributed by atoms with Crippen molar-refractivity contribution in [3.63, 3.8) is 0 Å². The summed E-state index contributed by atoms with van der Waals surface area (Å²) in [5, 5.41) is 16.6. The maximum absolute atomic E-state index is 9.39. The van der Waals surface area contributed by atoms with Crippen LogP contribution in [0, 0.1) is 11.3 Å². The molecule has 130 valence electrons. The van der Waals surface area contributed by atoms with Gasteiger partial charge in [0.1, 0.15) is 11.8 Å². The second-order valence-electron chi connectivity index (χ2n) is 5.19. The Balaban J connectivity index is 1.77. The van der Waals surface area contributed by atoms with Crippen LogP contribution in [0.25, 0.3) is 11.3 Å². The number of nitrogens with zero attached hydrogens (tertiary/aromatic N) is 3. The average Bonchev–Trinajstić information content (AvgIpc) is 3.15. The van der Waals surface area contributed by atoms with E-state index in [9.17, 15) is 5.26 Å². The minimum atomic E-state index is 0.224. The van der Waals surface area contributed by atoms with Crippen molar-refractivity contribution in [3.05, 3.63) is 63.9 Å². The fourth-order valence-electron chi connectivity index (χ4n) is 2.17. The van der Waals surface area contributed by atoms with E-state index in [1.165, 1.54) is 11.3 Å². The van der Waals surface area contributed by atoms with Gasteiger partial charge in [-0.3, -0.25) is 5.43 Å². The molecule has 2 aromatic carbocycles. The summed E-state index contributed by atoms with van der Waals surface area (Å²) in [6.07, 6.45) is 0. The van der Waals surface area contributed by atoms with Crippen LogP contribution in [-0.2, 0) is 0 Å². The van der Waals surface area contributed by atoms with Crippen molar-refractivity contribution in [2.45, 2.75) is 6.92 Å². The van der Waals surface area contributed by atoms with Crippen molar-refractivity contribution in [1.29, 1.82) is 5.26 Å². The molecule has 5 nitrogen and oxygen atoms in total. The fraction of sp³-hybridized carbons (Fsp3) is 0.105. The Kier molecular flexibility index (Phi) is 5.84. The molecule has 3 rings (SSSR count). The van der Waals surface area contributed by atoms with Crippen LogP contribution in [0.1, 0.15) is 11.9 Å². The molecule has 0 aliphatic carbocycles. The lowest BCUT2D eigenvalue weighted by Gasteiger charge is -2.03. The van der Waals surface area contributed by atoms with E-state index < -0.39 is 0 Å². The van der Waals surface area contributed by atoms with E-state index in [1.54, 1.807) is 24.3 Å². The number of hydrogen-bond donors (Lipinski definition) is 1. The monoisotopic (exact) mass is 382 g/mol. The third-order valence-corrected chi connectivity index (χ3v) is 4.52. The predicted molar refractivity (Wildman–Crippen MR) is 106 cm³/mol. The number of nitriles is 1. The Morgan fingerprint density at radius 1 is 1.23 bits per heavy atom. The van der Waals surface area contributed by atoms with Crippen LogP contribution >= 0.6 is 22.9 Å². The number of halogens is 1.